The number of sulfonamides is 1. The van der Waals surface area contributed by atoms with E-state index < -0.39 is 33.1 Å². The molecule has 0 unspecified atom stereocenters. The maximum Gasteiger partial charge on any atom is 0.267 e. The molecule has 33 heavy (non-hydrogen) atoms. The fourth-order valence-corrected chi connectivity index (χ4v) is 4.32. The number of amides is 1. The van der Waals surface area contributed by atoms with Crippen molar-refractivity contribution in [2.45, 2.75) is 0 Å². The molecule has 1 amide bonds. The molecule has 1 N–H and O–H groups in total. The smallest absolute Gasteiger partial charge is 0.267 e. The summed E-state index contributed by atoms with van der Waals surface area (Å²) in [4.78, 5) is 16.4. The first-order valence-electron chi connectivity index (χ1n) is 9.08. The minimum Gasteiger partial charge on any atom is -0.299 e. The van der Waals surface area contributed by atoms with Crippen molar-refractivity contribution in [2.75, 3.05) is 6.26 Å². The molecule has 0 radical (unpaired) electrons. The van der Waals surface area contributed by atoms with Gasteiger partial charge in [-0.15, -0.1) is 0 Å². The summed E-state index contributed by atoms with van der Waals surface area (Å²) >= 11 is 18.3. The highest BCUT2D eigenvalue weighted by molar-refractivity contribution is 7.89. The van der Waals surface area contributed by atoms with Gasteiger partial charge in [0.2, 0.25) is 10.0 Å². The number of nitrogens with zero attached hydrogens (tertiary/aromatic N) is 2. The largest absolute Gasteiger partial charge is 0.299 e. The number of halogens is 5. The van der Waals surface area contributed by atoms with E-state index in [1.807, 2.05) is 0 Å². The van der Waals surface area contributed by atoms with E-state index in [0.29, 0.717) is 21.6 Å². The summed E-state index contributed by atoms with van der Waals surface area (Å²) in [6.45, 7) is 0. The molecule has 12 heteroatoms. The minimum atomic E-state index is -3.91. The number of carbonyl (C=O) groups excluding carboxylic acids is 1. The topological polar surface area (TPSA) is 81.1 Å². The number of aromatic nitrogens is 2. The van der Waals surface area contributed by atoms with E-state index in [1.165, 1.54) is 29.1 Å². The van der Waals surface area contributed by atoms with Crippen LogP contribution in [-0.2, 0) is 10.0 Å². The Balaban J connectivity index is 1.92. The third kappa shape index (κ3) is 4.67. The van der Waals surface area contributed by atoms with Crippen LogP contribution in [0, 0.1) is 11.6 Å². The molecule has 0 spiro atoms. The van der Waals surface area contributed by atoms with E-state index in [2.05, 4.69) is 4.98 Å². The van der Waals surface area contributed by atoms with Crippen molar-refractivity contribution < 1.29 is 22.0 Å². The van der Waals surface area contributed by atoms with Gasteiger partial charge in [-0.25, -0.2) is 26.9 Å². The number of pyridine rings is 1. The zero-order chi connectivity index (χ0) is 24.1. The highest BCUT2D eigenvalue weighted by atomic mass is 35.5. The van der Waals surface area contributed by atoms with Gasteiger partial charge in [-0.2, -0.15) is 0 Å². The summed E-state index contributed by atoms with van der Waals surface area (Å²) in [5.74, 6) is -2.79. The molecule has 4 rings (SSSR count). The van der Waals surface area contributed by atoms with Crippen molar-refractivity contribution in [3.63, 3.8) is 0 Å². The molecule has 0 aliphatic rings. The molecule has 0 aliphatic carbocycles. The molecule has 0 bridgehead atoms. The second kappa shape index (κ2) is 8.57. The van der Waals surface area contributed by atoms with Crippen LogP contribution in [0.3, 0.4) is 0 Å². The molecule has 0 saturated carbocycles. The lowest BCUT2D eigenvalue weighted by atomic mass is 10.1. The maximum absolute atomic E-state index is 14.8. The number of hydrogen-bond donors (Lipinski definition) is 1. The van der Waals surface area contributed by atoms with Gasteiger partial charge in [0.1, 0.15) is 17.3 Å². The van der Waals surface area contributed by atoms with Gasteiger partial charge in [-0.1, -0.05) is 34.8 Å². The standard InChI is InChI=1S/C21H12Cl3F2N3O3S/c1-33(31,32)28-21(30)14-6-16(24)19(7-18(14)26)29-9-15(12-3-2-10(22)5-17(12)25)13-4-11(23)8-27-20(13)29/h2-9H,1H3,(H,28,30). The van der Waals surface area contributed by atoms with Crippen molar-refractivity contribution in [3.05, 3.63) is 81.1 Å². The second-order valence-electron chi connectivity index (χ2n) is 7.05. The van der Waals surface area contributed by atoms with E-state index in [9.17, 15) is 22.0 Å². The van der Waals surface area contributed by atoms with E-state index in [1.54, 1.807) is 10.8 Å². The third-order valence-electron chi connectivity index (χ3n) is 4.65. The van der Waals surface area contributed by atoms with Gasteiger partial charge in [-0.05, 0) is 30.3 Å². The Morgan fingerprint density at radius 2 is 1.73 bits per heavy atom. The molecule has 6 nitrogen and oxygen atoms in total. The number of rotatable bonds is 4. The summed E-state index contributed by atoms with van der Waals surface area (Å²) in [7, 11) is -3.91. The third-order valence-corrected chi connectivity index (χ3v) is 5.95. The first-order chi connectivity index (χ1) is 15.4. The Bertz CT molecular complexity index is 1560. The number of carbonyl (C=O) groups is 1. The molecule has 2 aromatic carbocycles. The van der Waals surface area contributed by atoms with Crippen molar-refractivity contribution in [3.8, 4) is 16.8 Å². The van der Waals surface area contributed by atoms with Crippen LogP contribution in [0.4, 0.5) is 8.78 Å². The predicted molar refractivity (Wildman–Crippen MR) is 124 cm³/mol. The lowest BCUT2D eigenvalue weighted by molar-refractivity contribution is 0.0978. The quantitative estimate of drug-likeness (QED) is 0.371. The summed E-state index contributed by atoms with van der Waals surface area (Å²) in [5, 5.41) is 0.885. The first kappa shape index (κ1) is 23.4. The Morgan fingerprint density at radius 1 is 1.00 bits per heavy atom. The van der Waals surface area contributed by atoms with Gasteiger partial charge in [0.05, 0.1) is 27.6 Å². The maximum atomic E-state index is 14.8. The normalized spacial score (nSPS) is 11.7. The number of benzene rings is 2. The van der Waals surface area contributed by atoms with Gasteiger partial charge >= 0.3 is 0 Å². The van der Waals surface area contributed by atoms with E-state index >= 15 is 0 Å². The van der Waals surface area contributed by atoms with Gasteiger partial charge in [0.25, 0.3) is 5.91 Å². The highest BCUT2D eigenvalue weighted by Gasteiger charge is 2.22. The lowest BCUT2D eigenvalue weighted by Gasteiger charge is -2.11. The fourth-order valence-electron chi connectivity index (χ4n) is 3.31. The average Bonchev–Trinajstić information content (AvgIpc) is 3.06. The average molecular weight is 531 g/mol. The molecule has 4 aromatic rings. The van der Waals surface area contributed by atoms with Crippen molar-refractivity contribution >= 4 is 61.8 Å². The van der Waals surface area contributed by atoms with Crippen molar-refractivity contribution in [2.24, 2.45) is 0 Å². The van der Waals surface area contributed by atoms with Gasteiger partial charge in [0, 0.05) is 40.0 Å². The zero-order valence-electron chi connectivity index (χ0n) is 16.5. The molecule has 0 atom stereocenters. The molecule has 0 fully saturated rings. The second-order valence-corrected chi connectivity index (χ2v) is 10.1. The number of hydrogen-bond acceptors (Lipinski definition) is 4. The van der Waals surface area contributed by atoms with Crippen LogP contribution >= 0.6 is 34.8 Å². The van der Waals surface area contributed by atoms with E-state index in [-0.39, 0.29) is 21.3 Å². The molecule has 170 valence electrons. The summed E-state index contributed by atoms with van der Waals surface area (Å²) in [6, 6.07) is 7.68. The van der Waals surface area contributed by atoms with E-state index in [0.717, 1.165) is 24.5 Å². The fraction of sp³-hybridized carbons (Fsp3) is 0.0476. The van der Waals surface area contributed by atoms with Crippen LogP contribution in [0.25, 0.3) is 27.8 Å². The van der Waals surface area contributed by atoms with Gasteiger partial charge in [-0.3, -0.25) is 9.36 Å². The van der Waals surface area contributed by atoms with Crippen LogP contribution < -0.4 is 4.72 Å². The van der Waals surface area contributed by atoms with Crippen LogP contribution in [0.5, 0.6) is 0 Å². The Labute approximate surface area is 201 Å². The van der Waals surface area contributed by atoms with Crippen LogP contribution in [0.15, 0.2) is 48.8 Å². The summed E-state index contributed by atoms with van der Waals surface area (Å²) in [5.41, 5.74) is 0.409. The minimum absolute atomic E-state index is 0.0770. The van der Waals surface area contributed by atoms with Crippen molar-refractivity contribution in [1.29, 1.82) is 0 Å². The molecule has 2 aromatic heterocycles. The summed E-state index contributed by atoms with van der Waals surface area (Å²) in [6.07, 6.45) is 3.62. The summed E-state index contributed by atoms with van der Waals surface area (Å²) < 4.78 is 55.2. The van der Waals surface area contributed by atoms with Gasteiger partial charge < -0.3 is 0 Å². The molecule has 0 saturated heterocycles. The first-order valence-corrected chi connectivity index (χ1v) is 12.1. The monoisotopic (exact) mass is 529 g/mol. The highest BCUT2D eigenvalue weighted by Crippen LogP contribution is 2.37. The predicted octanol–water partition coefficient (Wildman–Crippen LogP) is 5.62. The van der Waals surface area contributed by atoms with Crippen LogP contribution in [0.1, 0.15) is 10.4 Å². The molecular formula is C21H12Cl3F2N3O3S. The van der Waals surface area contributed by atoms with Gasteiger partial charge in [0.15, 0.2) is 0 Å². The lowest BCUT2D eigenvalue weighted by Crippen LogP contribution is -2.30. The Hall–Kier alpha value is -2.72. The molecular weight excluding hydrogens is 519 g/mol. The van der Waals surface area contributed by atoms with Crippen LogP contribution in [0.2, 0.25) is 15.1 Å². The SMILES string of the molecule is CS(=O)(=O)NC(=O)c1cc(Cl)c(-n2cc(-c3ccc(Cl)cc3F)c3cc(Cl)cnc32)cc1F. The zero-order valence-corrected chi connectivity index (χ0v) is 19.6. The number of fused-ring (bicyclic) bond motifs is 1. The van der Waals surface area contributed by atoms with Crippen LogP contribution in [-0.4, -0.2) is 30.1 Å². The Morgan fingerprint density at radius 3 is 2.39 bits per heavy atom. The molecule has 2 heterocycles. The number of nitrogens with one attached hydrogen (secondary N) is 1. The van der Waals surface area contributed by atoms with Crippen molar-refractivity contribution in [1.82, 2.24) is 14.3 Å². The van der Waals surface area contributed by atoms with E-state index in [4.69, 9.17) is 34.8 Å². The molecule has 0 aliphatic heterocycles. The Kier molecular flexibility index (Phi) is 6.09.